The normalized spacial score (nSPS) is 10.9. The lowest BCUT2D eigenvalue weighted by atomic mass is 10.1. The molecular formula is C12H11N5O. The maximum absolute atomic E-state index is 9.40. The number of aromatic amines is 1. The number of nitrogen functional groups attached to an aromatic ring is 1. The summed E-state index contributed by atoms with van der Waals surface area (Å²) in [7, 11) is 0. The number of aryl methyl sites for hydroxylation is 1. The third-order valence-corrected chi connectivity index (χ3v) is 2.78. The molecule has 0 unspecified atom stereocenters. The number of hydrogen-bond donors (Lipinski definition) is 3. The molecule has 2 aromatic heterocycles. The molecule has 2 heterocycles. The molecule has 0 saturated heterocycles. The molecule has 0 atom stereocenters. The molecule has 3 rings (SSSR count). The molecule has 0 bridgehead atoms. The number of imidazole rings is 1. The summed E-state index contributed by atoms with van der Waals surface area (Å²) in [5, 5.41) is 9.40. The number of rotatable bonds is 1. The van der Waals surface area contributed by atoms with Crippen molar-refractivity contribution in [1.82, 2.24) is 19.9 Å². The van der Waals surface area contributed by atoms with Crippen molar-refractivity contribution in [2.75, 3.05) is 5.73 Å². The quantitative estimate of drug-likeness (QED) is 0.601. The van der Waals surface area contributed by atoms with Crippen LogP contribution in [0.15, 0.2) is 24.5 Å². The lowest BCUT2D eigenvalue weighted by Crippen LogP contribution is -1.91. The summed E-state index contributed by atoms with van der Waals surface area (Å²) < 4.78 is 0. The number of benzene rings is 1. The first kappa shape index (κ1) is 10.5. The monoisotopic (exact) mass is 241 g/mol. The van der Waals surface area contributed by atoms with E-state index in [-0.39, 0.29) is 5.75 Å². The Labute approximate surface area is 103 Å². The van der Waals surface area contributed by atoms with Gasteiger partial charge in [-0.2, -0.15) is 0 Å². The predicted octanol–water partition coefficient (Wildman–Crippen LogP) is 1.62. The zero-order valence-electron chi connectivity index (χ0n) is 9.68. The van der Waals surface area contributed by atoms with Gasteiger partial charge in [-0.15, -0.1) is 0 Å². The smallest absolute Gasteiger partial charge is 0.183 e. The number of anilines is 1. The van der Waals surface area contributed by atoms with Gasteiger partial charge in [-0.1, -0.05) is 0 Å². The van der Waals surface area contributed by atoms with Gasteiger partial charge in [0.1, 0.15) is 23.4 Å². The van der Waals surface area contributed by atoms with E-state index in [2.05, 4.69) is 19.9 Å². The Morgan fingerprint density at radius 3 is 2.83 bits per heavy atom. The van der Waals surface area contributed by atoms with E-state index >= 15 is 0 Å². The number of aromatic hydroxyl groups is 1. The number of hydrogen-bond acceptors (Lipinski definition) is 5. The van der Waals surface area contributed by atoms with Crippen LogP contribution < -0.4 is 5.73 Å². The molecular weight excluding hydrogens is 230 g/mol. The van der Waals surface area contributed by atoms with E-state index in [1.54, 1.807) is 18.2 Å². The highest BCUT2D eigenvalue weighted by atomic mass is 16.3. The number of H-pyrrole nitrogens is 1. The Morgan fingerprint density at radius 2 is 2.11 bits per heavy atom. The molecule has 0 fully saturated rings. The molecule has 6 heteroatoms. The van der Waals surface area contributed by atoms with Crippen LogP contribution in [-0.4, -0.2) is 25.0 Å². The van der Waals surface area contributed by atoms with Crippen LogP contribution in [-0.2, 0) is 0 Å². The van der Waals surface area contributed by atoms with E-state index in [1.165, 1.54) is 6.33 Å². The van der Waals surface area contributed by atoms with Crippen LogP contribution in [0.1, 0.15) is 5.56 Å². The van der Waals surface area contributed by atoms with E-state index in [0.717, 1.165) is 11.1 Å². The molecule has 90 valence electrons. The van der Waals surface area contributed by atoms with Gasteiger partial charge in [-0.05, 0) is 30.7 Å². The summed E-state index contributed by atoms with van der Waals surface area (Å²) in [6.07, 6.45) is 1.38. The number of nitrogens with two attached hydrogens (primary N) is 1. The van der Waals surface area contributed by atoms with Crippen LogP contribution >= 0.6 is 0 Å². The molecule has 0 amide bonds. The second-order valence-electron chi connectivity index (χ2n) is 4.04. The zero-order valence-corrected chi connectivity index (χ0v) is 9.68. The average Bonchev–Trinajstić information content (AvgIpc) is 2.74. The third kappa shape index (κ3) is 1.55. The van der Waals surface area contributed by atoms with Crippen molar-refractivity contribution in [3.05, 3.63) is 30.1 Å². The van der Waals surface area contributed by atoms with Gasteiger partial charge in [0.05, 0.1) is 0 Å². The van der Waals surface area contributed by atoms with E-state index in [0.29, 0.717) is 22.8 Å². The molecule has 6 nitrogen and oxygen atoms in total. The van der Waals surface area contributed by atoms with E-state index in [1.807, 2.05) is 6.92 Å². The fourth-order valence-corrected chi connectivity index (χ4v) is 1.89. The van der Waals surface area contributed by atoms with Crippen molar-refractivity contribution in [2.24, 2.45) is 0 Å². The van der Waals surface area contributed by atoms with Gasteiger partial charge >= 0.3 is 0 Å². The number of phenolic OH excluding ortho intramolecular Hbond substituents is 1. The average molecular weight is 241 g/mol. The maximum Gasteiger partial charge on any atom is 0.183 e. The Bertz CT molecular complexity index is 734. The minimum Gasteiger partial charge on any atom is -0.508 e. The van der Waals surface area contributed by atoms with Gasteiger partial charge in [-0.3, -0.25) is 0 Å². The minimum absolute atomic E-state index is 0.228. The van der Waals surface area contributed by atoms with Gasteiger partial charge in [0.25, 0.3) is 0 Å². The van der Waals surface area contributed by atoms with Crippen LogP contribution in [0.4, 0.5) is 5.82 Å². The lowest BCUT2D eigenvalue weighted by molar-refractivity contribution is 0.475. The fraction of sp³-hybridized carbons (Fsp3) is 0.0833. The highest BCUT2D eigenvalue weighted by molar-refractivity contribution is 5.84. The zero-order chi connectivity index (χ0) is 12.7. The maximum atomic E-state index is 9.40. The molecule has 0 aliphatic heterocycles. The number of nitrogens with one attached hydrogen (secondary N) is 1. The molecule has 18 heavy (non-hydrogen) atoms. The summed E-state index contributed by atoms with van der Waals surface area (Å²) in [5.74, 6) is 1.26. The van der Waals surface area contributed by atoms with E-state index in [9.17, 15) is 5.11 Å². The van der Waals surface area contributed by atoms with Crippen LogP contribution in [0.2, 0.25) is 0 Å². The summed E-state index contributed by atoms with van der Waals surface area (Å²) in [5.41, 5.74) is 8.72. The second-order valence-corrected chi connectivity index (χ2v) is 4.04. The first-order chi connectivity index (χ1) is 8.65. The molecule has 3 aromatic rings. The van der Waals surface area contributed by atoms with Crippen molar-refractivity contribution in [3.8, 4) is 17.1 Å². The highest BCUT2D eigenvalue weighted by Gasteiger charge is 2.11. The van der Waals surface area contributed by atoms with E-state index < -0.39 is 0 Å². The van der Waals surface area contributed by atoms with Gasteiger partial charge < -0.3 is 15.8 Å². The topological polar surface area (TPSA) is 101 Å². The highest BCUT2D eigenvalue weighted by Crippen LogP contribution is 2.26. The predicted molar refractivity (Wildman–Crippen MR) is 67.9 cm³/mol. The number of fused-ring (bicyclic) bond motifs is 1. The van der Waals surface area contributed by atoms with E-state index in [4.69, 9.17) is 5.73 Å². The fourth-order valence-electron chi connectivity index (χ4n) is 1.89. The first-order valence-electron chi connectivity index (χ1n) is 5.41. The second kappa shape index (κ2) is 3.69. The van der Waals surface area contributed by atoms with Crippen molar-refractivity contribution in [1.29, 1.82) is 0 Å². The van der Waals surface area contributed by atoms with Gasteiger partial charge in [0.15, 0.2) is 11.5 Å². The molecule has 0 aliphatic rings. The Kier molecular flexibility index (Phi) is 2.16. The molecule has 0 aliphatic carbocycles. The van der Waals surface area contributed by atoms with Crippen LogP contribution in [0.25, 0.3) is 22.6 Å². The Morgan fingerprint density at radius 1 is 1.28 bits per heavy atom. The Hall–Kier alpha value is -2.63. The molecule has 0 saturated carbocycles. The first-order valence-corrected chi connectivity index (χ1v) is 5.41. The molecule has 4 N–H and O–H groups in total. The van der Waals surface area contributed by atoms with Crippen LogP contribution in [0.5, 0.6) is 5.75 Å². The number of aromatic nitrogens is 4. The molecule has 0 spiro atoms. The van der Waals surface area contributed by atoms with Crippen LogP contribution in [0, 0.1) is 6.92 Å². The standard InChI is InChI=1S/C12H11N5O/c1-6-4-7(18)2-3-8(6)11-16-9-10(13)14-5-15-12(9)17-11/h2-5,18H,1H3,(H3,13,14,15,16,17). The lowest BCUT2D eigenvalue weighted by Gasteiger charge is -2.02. The van der Waals surface area contributed by atoms with Gasteiger partial charge in [-0.25, -0.2) is 15.0 Å². The Balaban J connectivity index is 2.23. The third-order valence-electron chi connectivity index (χ3n) is 2.78. The minimum atomic E-state index is 0.228. The molecule has 0 radical (unpaired) electrons. The summed E-state index contributed by atoms with van der Waals surface area (Å²) >= 11 is 0. The van der Waals surface area contributed by atoms with Crippen molar-refractivity contribution in [2.45, 2.75) is 6.92 Å². The summed E-state index contributed by atoms with van der Waals surface area (Å²) in [4.78, 5) is 15.4. The summed E-state index contributed by atoms with van der Waals surface area (Å²) in [6, 6.07) is 5.09. The van der Waals surface area contributed by atoms with Crippen molar-refractivity contribution < 1.29 is 5.11 Å². The summed E-state index contributed by atoms with van der Waals surface area (Å²) in [6.45, 7) is 1.90. The van der Waals surface area contributed by atoms with Gasteiger partial charge in [0.2, 0.25) is 0 Å². The van der Waals surface area contributed by atoms with Crippen LogP contribution in [0.3, 0.4) is 0 Å². The van der Waals surface area contributed by atoms with Gasteiger partial charge in [0, 0.05) is 5.56 Å². The number of phenols is 1. The largest absolute Gasteiger partial charge is 0.508 e. The van der Waals surface area contributed by atoms with Crippen molar-refractivity contribution >= 4 is 17.0 Å². The van der Waals surface area contributed by atoms with Crippen molar-refractivity contribution in [3.63, 3.8) is 0 Å². The number of nitrogens with zero attached hydrogens (tertiary/aromatic N) is 3. The molecule has 1 aromatic carbocycles. The SMILES string of the molecule is Cc1cc(O)ccc1-c1nc2ncnc(N)c2[nH]1.